The molecule has 0 bridgehead atoms. The van der Waals surface area contributed by atoms with E-state index in [0.717, 1.165) is 5.56 Å². The highest BCUT2D eigenvalue weighted by Crippen LogP contribution is 2.35. The number of rotatable bonds is 4. The average molecular weight is 285 g/mol. The molecule has 6 heteroatoms. The summed E-state index contributed by atoms with van der Waals surface area (Å²) in [6, 6.07) is 7.02. The molecule has 0 saturated carbocycles. The van der Waals surface area contributed by atoms with Crippen LogP contribution in [0.5, 0.6) is 5.75 Å². The van der Waals surface area contributed by atoms with Crippen molar-refractivity contribution in [1.82, 2.24) is 4.31 Å². The maximum absolute atomic E-state index is 12.1. The lowest BCUT2D eigenvalue weighted by Gasteiger charge is -2.23. The fourth-order valence-corrected chi connectivity index (χ4v) is 3.74. The smallest absolute Gasteiger partial charge is 0.214 e. The SMILES string of the molecule is CCS(=O)(=O)N1C[C@@H](O)C[C@H]1c1cccc(OC)c1. The molecule has 1 aromatic carbocycles. The van der Waals surface area contributed by atoms with Crippen LogP contribution in [-0.4, -0.2) is 43.3 Å². The van der Waals surface area contributed by atoms with Crippen molar-refractivity contribution < 1.29 is 18.3 Å². The number of methoxy groups -OCH3 is 1. The lowest BCUT2D eigenvalue weighted by molar-refractivity contribution is 0.188. The zero-order valence-electron chi connectivity index (χ0n) is 11.1. The summed E-state index contributed by atoms with van der Waals surface area (Å²) in [4.78, 5) is 0. The Bertz CT molecular complexity index is 543. The summed E-state index contributed by atoms with van der Waals surface area (Å²) in [5.74, 6) is 0.730. The largest absolute Gasteiger partial charge is 0.497 e. The molecule has 19 heavy (non-hydrogen) atoms. The molecule has 1 heterocycles. The molecule has 2 atom stereocenters. The van der Waals surface area contributed by atoms with Gasteiger partial charge in [-0.05, 0) is 31.0 Å². The third kappa shape index (κ3) is 2.91. The van der Waals surface area contributed by atoms with Crippen LogP contribution in [0.2, 0.25) is 0 Å². The third-order valence-corrected chi connectivity index (χ3v) is 5.28. The highest BCUT2D eigenvalue weighted by atomic mass is 32.2. The predicted molar refractivity (Wildman–Crippen MR) is 72.5 cm³/mol. The fourth-order valence-electron chi connectivity index (χ4n) is 2.41. The van der Waals surface area contributed by atoms with E-state index in [1.54, 1.807) is 14.0 Å². The van der Waals surface area contributed by atoms with Crippen LogP contribution in [0.25, 0.3) is 0 Å². The van der Waals surface area contributed by atoms with Gasteiger partial charge in [-0.25, -0.2) is 8.42 Å². The van der Waals surface area contributed by atoms with Gasteiger partial charge in [0.05, 0.1) is 25.0 Å². The highest BCUT2D eigenvalue weighted by molar-refractivity contribution is 7.89. The normalized spacial score (nSPS) is 24.6. The summed E-state index contributed by atoms with van der Waals surface area (Å²) in [6.45, 7) is 1.78. The van der Waals surface area contributed by atoms with Gasteiger partial charge in [0.1, 0.15) is 5.75 Å². The van der Waals surface area contributed by atoms with Crippen molar-refractivity contribution in [3.8, 4) is 5.75 Å². The summed E-state index contributed by atoms with van der Waals surface area (Å²) in [7, 11) is -1.74. The standard InChI is InChI=1S/C13H19NO4S/c1-3-19(16,17)14-9-11(15)8-13(14)10-5-4-6-12(7-10)18-2/h4-7,11,13,15H,3,8-9H2,1-2H3/t11-,13-/m0/s1. The summed E-state index contributed by atoms with van der Waals surface area (Å²) < 4.78 is 30.7. The first-order chi connectivity index (χ1) is 8.97. The van der Waals surface area contributed by atoms with E-state index in [-0.39, 0.29) is 18.3 Å². The van der Waals surface area contributed by atoms with E-state index in [1.807, 2.05) is 24.3 Å². The zero-order valence-corrected chi connectivity index (χ0v) is 11.9. The molecule has 2 rings (SSSR count). The highest BCUT2D eigenvalue weighted by Gasteiger charge is 2.38. The molecule has 0 amide bonds. The molecular weight excluding hydrogens is 266 g/mol. The van der Waals surface area contributed by atoms with Gasteiger partial charge < -0.3 is 9.84 Å². The Morgan fingerprint density at radius 2 is 2.21 bits per heavy atom. The van der Waals surface area contributed by atoms with Gasteiger partial charge >= 0.3 is 0 Å². The van der Waals surface area contributed by atoms with Gasteiger partial charge in [-0.15, -0.1) is 0 Å². The van der Waals surface area contributed by atoms with Crippen molar-refractivity contribution in [2.75, 3.05) is 19.4 Å². The monoisotopic (exact) mass is 285 g/mol. The summed E-state index contributed by atoms with van der Waals surface area (Å²) >= 11 is 0. The molecule has 0 aliphatic carbocycles. The minimum atomic E-state index is -3.32. The van der Waals surface area contributed by atoms with Gasteiger partial charge in [0.2, 0.25) is 10.0 Å². The molecule has 0 radical (unpaired) electrons. The first-order valence-corrected chi connectivity index (χ1v) is 7.90. The van der Waals surface area contributed by atoms with E-state index in [2.05, 4.69) is 0 Å². The van der Waals surface area contributed by atoms with Crippen molar-refractivity contribution in [3.05, 3.63) is 29.8 Å². The van der Waals surface area contributed by atoms with Gasteiger partial charge in [0, 0.05) is 6.54 Å². The maximum atomic E-state index is 12.1. The molecule has 0 aromatic heterocycles. The van der Waals surface area contributed by atoms with E-state index in [9.17, 15) is 13.5 Å². The van der Waals surface area contributed by atoms with Gasteiger partial charge in [0.25, 0.3) is 0 Å². The van der Waals surface area contributed by atoms with Crippen LogP contribution >= 0.6 is 0 Å². The van der Waals surface area contributed by atoms with Crippen molar-refractivity contribution in [2.24, 2.45) is 0 Å². The number of hydrogen-bond donors (Lipinski definition) is 1. The third-order valence-electron chi connectivity index (χ3n) is 3.43. The number of aliphatic hydroxyl groups is 1. The lowest BCUT2D eigenvalue weighted by Crippen LogP contribution is -2.33. The number of hydrogen-bond acceptors (Lipinski definition) is 4. The number of ether oxygens (including phenoxy) is 1. The number of nitrogens with zero attached hydrogens (tertiary/aromatic N) is 1. The number of aliphatic hydroxyl groups excluding tert-OH is 1. The minimum Gasteiger partial charge on any atom is -0.497 e. The molecule has 0 unspecified atom stereocenters. The van der Waals surface area contributed by atoms with Crippen LogP contribution in [-0.2, 0) is 10.0 Å². The van der Waals surface area contributed by atoms with Crippen LogP contribution in [0.1, 0.15) is 24.9 Å². The van der Waals surface area contributed by atoms with E-state index < -0.39 is 16.1 Å². The fraction of sp³-hybridized carbons (Fsp3) is 0.538. The van der Waals surface area contributed by atoms with Gasteiger partial charge in [0.15, 0.2) is 0 Å². The second-order valence-electron chi connectivity index (χ2n) is 4.65. The summed E-state index contributed by atoms with van der Waals surface area (Å²) in [6.07, 6.45) is -0.190. The molecule has 1 N–H and O–H groups in total. The Balaban J connectivity index is 2.35. The maximum Gasteiger partial charge on any atom is 0.214 e. The van der Waals surface area contributed by atoms with Crippen LogP contribution in [0.15, 0.2) is 24.3 Å². The Morgan fingerprint density at radius 1 is 1.47 bits per heavy atom. The van der Waals surface area contributed by atoms with E-state index >= 15 is 0 Å². The molecule has 1 aliphatic heterocycles. The number of sulfonamides is 1. The summed E-state index contributed by atoms with van der Waals surface area (Å²) in [5, 5.41) is 9.78. The van der Waals surface area contributed by atoms with Gasteiger partial charge in [-0.2, -0.15) is 4.31 Å². The Hall–Kier alpha value is -1.11. The molecule has 106 valence electrons. The first-order valence-electron chi connectivity index (χ1n) is 6.29. The average Bonchev–Trinajstić information content (AvgIpc) is 2.82. The Kier molecular flexibility index (Phi) is 4.13. The molecule has 1 fully saturated rings. The second kappa shape index (κ2) is 5.48. The lowest BCUT2D eigenvalue weighted by atomic mass is 10.0. The van der Waals surface area contributed by atoms with Crippen LogP contribution in [0.4, 0.5) is 0 Å². The van der Waals surface area contributed by atoms with Crippen molar-refractivity contribution in [1.29, 1.82) is 0 Å². The van der Waals surface area contributed by atoms with Crippen LogP contribution in [0, 0.1) is 0 Å². The van der Waals surface area contributed by atoms with Crippen LogP contribution < -0.4 is 4.74 Å². The predicted octanol–water partition coefficient (Wildman–Crippen LogP) is 1.15. The van der Waals surface area contributed by atoms with Gasteiger partial charge in [-0.3, -0.25) is 0 Å². The Morgan fingerprint density at radius 3 is 2.84 bits per heavy atom. The van der Waals surface area contributed by atoms with Crippen LogP contribution in [0.3, 0.4) is 0 Å². The summed E-state index contributed by atoms with van der Waals surface area (Å²) in [5.41, 5.74) is 0.855. The quantitative estimate of drug-likeness (QED) is 0.901. The van der Waals surface area contributed by atoms with Crippen molar-refractivity contribution in [2.45, 2.75) is 25.5 Å². The minimum absolute atomic E-state index is 0.0419. The number of β-amino-alcohol motifs (C(OH)–C–C–N with tert-alkyl or cyclic N) is 1. The molecule has 0 spiro atoms. The van der Waals surface area contributed by atoms with Crippen molar-refractivity contribution >= 4 is 10.0 Å². The van der Waals surface area contributed by atoms with E-state index in [4.69, 9.17) is 4.74 Å². The first kappa shape index (κ1) is 14.3. The molecule has 1 aliphatic rings. The second-order valence-corrected chi connectivity index (χ2v) is 6.86. The van der Waals surface area contributed by atoms with E-state index in [0.29, 0.717) is 12.2 Å². The molecule has 1 saturated heterocycles. The molecular formula is C13H19NO4S. The molecule has 5 nitrogen and oxygen atoms in total. The van der Waals surface area contributed by atoms with E-state index in [1.165, 1.54) is 4.31 Å². The van der Waals surface area contributed by atoms with Crippen molar-refractivity contribution in [3.63, 3.8) is 0 Å². The molecule has 1 aromatic rings. The Labute approximate surface area is 113 Å². The zero-order chi connectivity index (χ0) is 14.0. The number of benzene rings is 1. The van der Waals surface area contributed by atoms with Gasteiger partial charge in [-0.1, -0.05) is 12.1 Å². The topological polar surface area (TPSA) is 66.8 Å².